The minimum absolute atomic E-state index is 0.00823. The van der Waals surface area contributed by atoms with E-state index in [-0.39, 0.29) is 50.8 Å². The van der Waals surface area contributed by atoms with Crippen LogP contribution in [0, 0.1) is 11.7 Å². The molecular formula is C31H38F5N7O2S. The Morgan fingerprint density at radius 3 is 2.39 bits per heavy atom. The summed E-state index contributed by atoms with van der Waals surface area (Å²) in [7, 11) is 0. The predicted octanol–water partition coefficient (Wildman–Crippen LogP) is 4.99. The van der Waals surface area contributed by atoms with Gasteiger partial charge in [0, 0.05) is 26.2 Å². The van der Waals surface area contributed by atoms with Gasteiger partial charge in [-0.25, -0.2) is 18.8 Å². The number of thiazole rings is 1. The maximum absolute atomic E-state index is 14.7. The van der Waals surface area contributed by atoms with Gasteiger partial charge in [-0.1, -0.05) is 30.6 Å². The highest BCUT2D eigenvalue weighted by atomic mass is 32.1. The molecule has 5 rings (SSSR count). The second-order valence-corrected chi connectivity index (χ2v) is 12.9. The number of rotatable bonds is 9. The highest BCUT2D eigenvalue weighted by molar-refractivity contribution is 7.22. The van der Waals surface area contributed by atoms with E-state index in [2.05, 4.69) is 33.0 Å². The molecule has 3 fully saturated rings. The molecule has 0 bridgehead atoms. The van der Waals surface area contributed by atoms with Gasteiger partial charge in [0.2, 0.25) is 5.91 Å². The summed E-state index contributed by atoms with van der Waals surface area (Å²) in [4.78, 5) is 30.6. The van der Waals surface area contributed by atoms with Crippen LogP contribution in [0.2, 0.25) is 0 Å². The molecule has 1 unspecified atom stereocenters. The number of nitrogen functional groups attached to an aromatic ring is 1. The Morgan fingerprint density at radius 2 is 1.78 bits per heavy atom. The second-order valence-electron chi connectivity index (χ2n) is 11.8. The standard InChI is InChI=1S/C31H38F5N7O2S/c1-3-24(41-13-15-42(16-14-41)25(44)4-2)39-29(45-19-30-9-5-11-43(30)12-6-10-30)38-23(18-32)21(31(34,35)36)17-20-7-8-22(33)27-26(20)40-28(37)46-27/h3-4,7-8,21,23H,1-2,5-6,9-19H2,(H2,37,40)/t21?,23-/m0/s1. The summed E-state index contributed by atoms with van der Waals surface area (Å²) >= 11 is 0.830. The summed E-state index contributed by atoms with van der Waals surface area (Å²) < 4.78 is 79.1. The highest BCUT2D eigenvalue weighted by Gasteiger charge is 2.47. The zero-order valence-electron chi connectivity index (χ0n) is 25.4. The Hall–Kier alpha value is -3.59. The number of aliphatic imine (C=N–C) groups is 2. The first kappa shape index (κ1) is 33.8. The van der Waals surface area contributed by atoms with Crippen molar-refractivity contribution in [1.29, 1.82) is 0 Å². The maximum atomic E-state index is 14.7. The van der Waals surface area contributed by atoms with Crippen molar-refractivity contribution < 1.29 is 31.5 Å². The van der Waals surface area contributed by atoms with E-state index in [9.17, 15) is 26.7 Å². The van der Waals surface area contributed by atoms with E-state index in [4.69, 9.17) is 10.5 Å². The van der Waals surface area contributed by atoms with Crippen LogP contribution in [0.1, 0.15) is 31.2 Å². The van der Waals surface area contributed by atoms with Gasteiger partial charge in [-0.05, 0) is 69.0 Å². The molecule has 0 saturated carbocycles. The van der Waals surface area contributed by atoms with Crippen LogP contribution in [0.25, 0.3) is 10.2 Å². The number of ether oxygens (including phenoxy) is 1. The lowest BCUT2D eigenvalue weighted by molar-refractivity contribution is -0.180. The molecular weight excluding hydrogens is 629 g/mol. The summed E-state index contributed by atoms with van der Waals surface area (Å²) in [5.41, 5.74) is 5.55. The Bertz CT molecular complexity index is 1490. The molecule has 3 saturated heterocycles. The SMILES string of the molecule is C=CC(=O)N1CCN(C(C=C)=NC(=N[C@@H](CF)C(Cc2ccc(F)c3sc(N)nc23)C(F)(F)F)OCC23CCCN2CCC3)CC1. The number of hydrogen-bond donors (Lipinski definition) is 1. The number of halogens is 5. The van der Waals surface area contributed by atoms with Crippen molar-refractivity contribution in [3.8, 4) is 0 Å². The fraction of sp³-hybridized carbons (Fsp3) is 0.548. The van der Waals surface area contributed by atoms with Crippen molar-refractivity contribution in [3.63, 3.8) is 0 Å². The first-order valence-corrected chi connectivity index (χ1v) is 16.1. The summed E-state index contributed by atoms with van der Waals surface area (Å²) in [6, 6.07) is -0.0113. The minimum Gasteiger partial charge on any atom is -0.462 e. The van der Waals surface area contributed by atoms with E-state index in [1.807, 2.05) is 4.90 Å². The van der Waals surface area contributed by atoms with E-state index in [0.717, 1.165) is 56.2 Å². The number of nitrogens with zero attached hydrogens (tertiary/aromatic N) is 6. The van der Waals surface area contributed by atoms with Crippen LogP contribution in [-0.4, -0.2) is 108 Å². The second kappa shape index (κ2) is 14.0. The van der Waals surface area contributed by atoms with Crippen molar-refractivity contribution in [2.75, 3.05) is 58.3 Å². The number of fused-ring (bicyclic) bond motifs is 2. The van der Waals surface area contributed by atoms with Gasteiger partial charge in [-0.3, -0.25) is 9.69 Å². The van der Waals surface area contributed by atoms with Crippen LogP contribution in [0.4, 0.5) is 27.1 Å². The van der Waals surface area contributed by atoms with Crippen LogP contribution in [0.5, 0.6) is 0 Å². The van der Waals surface area contributed by atoms with E-state index < -0.39 is 37.0 Å². The molecule has 2 atom stereocenters. The number of hydrogen-bond acceptors (Lipinski definition) is 7. The highest BCUT2D eigenvalue weighted by Crippen LogP contribution is 2.40. The van der Waals surface area contributed by atoms with Gasteiger partial charge < -0.3 is 20.3 Å². The number of aromatic nitrogens is 1. The fourth-order valence-corrected chi connectivity index (χ4v) is 7.46. The number of nitrogens with two attached hydrogens (primary N) is 1. The van der Waals surface area contributed by atoms with E-state index in [0.29, 0.717) is 26.2 Å². The Kier molecular flexibility index (Phi) is 10.3. The molecule has 46 heavy (non-hydrogen) atoms. The summed E-state index contributed by atoms with van der Waals surface area (Å²) in [5, 5.41) is 0.00823. The van der Waals surface area contributed by atoms with Gasteiger partial charge in [0.1, 0.15) is 24.9 Å². The van der Waals surface area contributed by atoms with E-state index >= 15 is 0 Å². The number of anilines is 1. The fourth-order valence-electron chi connectivity index (χ4n) is 6.68. The van der Waals surface area contributed by atoms with Crippen molar-refractivity contribution in [2.24, 2.45) is 15.9 Å². The normalized spacial score (nSPS) is 20.5. The van der Waals surface area contributed by atoms with Crippen LogP contribution < -0.4 is 5.73 Å². The average Bonchev–Trinajstić information content (AvgIpc) is 3.74. The third kappa shape index (κ3) is 7.19. The third-order valence-corrected chi connectivity index (χ3v) is 10.0. The van der Waals surface area contributed by atoms with E-state index in [1.54, 1.807) is 4.90 Å². The number of carbonyl (C=O) groups is 1. The molecule has 0 spiro atoms. The Labute approximate surface area is 268 Å². The molecule has 2 aromatic rings. The molecule has 2 N–H and O–H groups in total. The number of benzene rings is 1. The van der Waals surface area contributed by atoms with Gasteiger partial charge in [0.25, 0.3) is 0 Å². The maximum Gasteiger partial charge on any atom is 0.394 e. The van der Waals surface area contributed by atoms with Crippen LogP contribution in [-0.2, 0) is 16.0 Å². The van der Waals surface area contributed by atoms with Crippen LogP contribution in [0.3, 0.4) is 0 Å². The summed E-state index contributed by atoms with van der Waals surface area (Å²) in [6.07, 6.45) is 0.776. The molecule has 1 aromatic heterocycles. The summed E-state index contributed by atoms with van der Waals surface area (Å²) in [5.74, 6) is -2.87. The van der Waals surface area contributed by atoms with Crippen LogP contribution in [0.15, 0.2) is 47.4 Å². The first-order chi connectivity index (χ1) is 22.0. The quantitative estimate of drug-likeness (QED) is 0.175. The van der Waals surface area contributed by atoms with Gasteiger partial charge in [0.05, 0.1) is 27.7 Å². The molecule has 0 radical (unpaired) electrons. The molecule has 4 heterocycles. The van der Waals surface area contributed by atoms with Crippen molar-refractivity contribution >= 4 is 44.4 Å². The van der Waals surface area contributed by atoms with Gasteiger partial charge in [-0.15, -0.1) is 0 Å². The predicted molar refractivity (Wildman–Crippen MR) is 169 cm³/mol. The number of amidine groups is 2. The van der Waals surface area contributed by atoms with Gasteiger partial charge in [-0.2, -0.15) is 18.2 Å². The monoisotopic (exact) mass is 667 g/mol. The zero-order valence-corrected chi connectivity index (χ0v) is 26.3. The molecule has 0 aliphatic carbocycles. The smallest absolute Gasteiger partial charge is 0.394 e. The molecule has 9 nitrogen and oxygen atoms in total. The molecule has 1 amide bonds. The topological polar surface area (TPSA) is 99.7 Å². The average molecular weight is 668 g/mol. The van der Waals surface area contributed by atoms with E-state index in [1.165, 1.54) is 18.2 Å². The lowest BCUT2D eigenvalue weighted by Gasteiger charge is -2.35. The molecule has 3 aliphatic heterocycles. The Balaban J connectivity index is 1.47. The molecule has 15 heteroatoms. The molecule has 3 aliphatic rings. The largest absolute Gasteiger partial charge is 0.462 e. The third-order valence-electron chi connectivity index (χ3n) is 9.12. The first-order valence-electron chi connectivity index (χ1n) is 15.3. The van der Waals surface area contributed by atoms with Gasteiger partial charge >= 0.3 is 12.2 Å². The van der Waals surface area contributed by atoms with Crippen molar-refractivity contribution in [2.45, 2.75) is 49.9 Å². The Morgan fingerprint density at radius 1 is 1.11 bits per heavy atom. The number of piperazine rings is 1. The number of carbonyl (C=O) groups excluding carboxylic acids is 1. The van der Waals surface area contributed by atoms with Crippen molar-refractivity contribution in [3.05, 3.63) is 48.8 Å². The number of alkyl halides is 4. The zero-order chi connectivity index (χ0) is 33.1. The number of amides is 1. The minimum atomic E-state index is -4.88. The molecule has 250 valence electrons. The van der Waals surface area contributed by atoms with Crippen molar-refractivity contribution in [1.82, 2.24) is 19.7 Å². The lowest BCUT2D eigenvalue weighted by atomic mass is 9.91. The molecule has 1 aromatic carbocycles. The van der Waals surface area contributed by atoms with Crippen LogP contribution >= 0.6 is 11.3 Å². The lowest BCUT2D eigenvalue weighted by Crippen LogP contribution is -2.50. The summed E-state index contributed by atoms with van der Waals surface area (Å²) in [6.45, 7) is 9.36. The van der Waals surface area contributed by atoms with Gasteiger partial charge in [0.15, 0.2) is 5.13 Å².